The van der Waals surface area contributed by atoms with Gasteiger partial charge < -0.3 is 5.32 Å². The summed E-state index contributed by atoms with van der Waals surface area (Å²) >= 11 is 3.41. The molecule has 1 amide bonds. The zero-order valence-electron chi connectivity index (χ0n) is 13.8. The molecule has 0 saturated carbocycles. The first-order valence-corrected chi connectivity index (χ1v) is 9.30. The van der Waals surface area contributed by atoms with Crippen LogP contribution in [-0.4, -0.2) is 23.9 Å². The molecule has 0 unspecified atom stereocenters. The molecule has 24 heavy (non-hydrogen) atoms. The average Bonchev–Trinajstić information content (AvgIpc) is 3.09. The quantitative estimate of drug-likeness (QED) is 0.816. The summed E-state index contributed by atoms with van der Waals surface area (Å²) in [4.78, 5) is 14.7. The minimum atomic E-state index is 0.0632. The van der Waals surface area contributed by atoms with Crippen molar-refractivity contribution in [1.29, 1.82) is 0 Å². The molecule has 0 aromatic heterocycles. The first-order valence-electron chi connectivity index (χ1n) is 8.51. The number of benzene rings is 2. The van der Waals surface area contributed by atoms with E-state index in [1.807, 2.05) is 30.3 Å². The van der Waals surface area contributed by atoms with Gasteiger partial charge in [-0.15, -0.1) is 0 Å². The molecule has 1 fully saturated rings. The second-order valence-corrected chi connectivity index (χ2v) is 7.25. The van der Waals surface area contributed by atoms with Gasteiger partial charge in [0.1, 0.15) is 0 Å². The molecule has 1 aliphatic rings. The molecule has 126 valence electrons. The van der Waals surface area contributed by atoms with Crippen LogP contribution >= 0.6 is 15.9 Å². The molecule has 3 nitrogen and oxygen atoms in total. The van der Waals surface area contributed by atoms with Gasteiger partial charge in [0, 0.05) is 17.6 Å². The number of halogens is 1. The number of nitrogens with one attached hydrogen (secondary N) is 1. The van der Waals surface area contributed by atoms with Crippen LogP contribution in [0.15, 0.2) is 53.0 Å². The van der Waals surface area contributed by atoms with Crippen molar-refractivity contribution in [2.45, 2.75) is 32.4 Å². The van der Waals surface area contributed by atoms with E-state index in [0.29, 0.717) is 13.0 Å². The largest absolute Gasteiger partial charge is 0.352 e. The fraction of sp³-hybridized carbons (Fsp3) is 0.350. The standard InChI is InChI=1S/C20H23BrN2O/c21-19-9-7-16(8-10-19)13-20(24)22-14-17-5-1-2-6-18(17)15-23-11-3-4-12-23/h1-2,5-10H,3-4,11-15H2,(H,22,24). The fourth-order valence-corrected chi connectivity index (χ4v) is 3.37. The Balaban J connectivity index is 1.55. The van der Waals surface area contributed by atoms with Crippen LogP contribution in [0.5, 0.6) is 0 Å². The Morgan fingerprint density at radius 2 is 1.67 bits per heavy atom. The molecule has 1 aliphatic heterocycles. The van der Waals surface area contributed by atoms with Crippen molar-refractivity contribution in [2.24, 2.45) is 0 Å². The average molecular weight is 387 g/mol. The van der Waals surface area contributed by atoms with Crippen molar-refractivity contribution in [3.63, 3.8) is 0 Å². The predicted molar refractivity (Wildman–Crippen MR) is 101 cm³/mol. The summed E-state index contributed by atoms with van der Waals surface area (Å²) in [5.41, 5.74) is 3.57. The summed E-state index contributed by atoms with van der Waals surface area (Å²) < 4.78 is 1.03. The van der Waals surface area contributed by atoms with E-state index in [4.69, 9.17) is 0 Å². The van der Waals surface area contributed by atoms with Gasteiger partial charge in [0.2, 0.25) is 5.91 Å². The molecular weight excluding hydrogens is 364 g/mol. The van der Waals surface area contributed by atoms with E-state index < -0.39 is 0 Å². The molecule has 3 rings (SSSR count). The molecule has 0 atom stereocenters. The summed E-state index contributed by atoms with van der Waals surface area (Å²) in [6.45, 7) is 3.95. The third-order valence-corrected chi connectivity index (χ3v) is 4.99. The predicted octanol–water partition coefficient (Wildman–Crippen LogP) is 3.90. The Morgan fingerprint density at radius 3 is 2.38 bits per heavy atom. The lowest BCUT2D eigenvalue weighted by atomic mass is 10.1. The minimum absolute atomic E-state index is 0.0632. The van der Waals surface area contributed by atoms with Crippen molar-refractivity contribution in [3.8, 4) is 0 Å². The van der Waals surface area contributed by atoms with Gasteiger partial charge in [-0.05, 0) is 54.8 Å². The van der Waals surface area contributed by atoms with Crippen LogP contribution in [0.4, 0.5) is 0 Å². The SMILES string of the molecule is O=C(Cc1ccc(Br)cc1)NCc1ccccc1CN1CCCC1. The zero-order chi connectivity index (χ0) is 16.8. The number of hydrogen-bond donors (Lipinski definition) is 1. The number of rotatable bonds is 6. The van der Waals surface area contributed by atoms with Gasteiger partial charge in [-0.1, -0.05) is 52.3 Å². The van der Waals surface area contributed by atoms with E-state index in [0.717, 1.165) is 16.6 Å². The number of amides is 1. The van der Waals surface area contributed by atoms with Crippen LogP contribution in [0, 0.1) is 0 Å². The van der Waals surface area contributed by atoms with E-state index >= 15 is 0 Å². The van der Waals surface area contributed by atoms with Gasteiger partial charge in [0.25, 0.3) is 0 Å². The highest BCUT2D eigenvalue weighted by Gasteiger charge is 2.13. The molecule has 1 heterocycles. The smallest absolute Gasteiger partial charge is 0.224 e. The number of hydrogen-bond acceptors (Lipinski definition) is 2. The molecule has 0 radical (unpaired) electrons. The first kappa shape index (κ1) is 17.2. The summed E-state index contributed by atoms with van der Waals surface area (Å²) in [7, 11) is 0. The van der Waals surface area contributed by atoms with Crippen molar-refractivity contribution in [2.75, 3.05) is 13.1 Å². The van der Waals surface area contributed by atoms with E-state index in [1.165, 1.54) is 37.1 Å². The van der Waals surface area contributed by atoms with Crippen LogP contribution in [-0.2, 0) is 24.3 Å². The van der Waals surface area contributed by atoms with Gasteiger partial charge >= 0.3 is 0 Å². The molecule has 2 aromatic carbocycles. The summed E-state index contributed by atoms with van der Waals surface area (Å²) in [5.74, 6) is 0.0632. The maximum absolute atomic E-state index is 12.2. The van der Waals surface area contributed by atoms with Crippen LogP contribution in [0.2, 0.25) is 0 Å². The van der Waals surface area contributed by atoms with Crippen LogP contribution < -0.4 is 5.32 Å². The van der Waals surface area contributed by atoms with Crippen molar-refractivity contribution in [3.05, 3.63) is 69.7 Å². The summed E-state index contributed by atoms with van der Waals surface area (Å²) in [6, 6.07) is 16.3. The topological polar surface area (TPSA) is 32.3 Å². The number of carbonyl (C=O) groups is 1. The third kappa shape index (κ3) is 4.92. The van der Waals surface area contributed by atoms with Crippen molar-refractivity contribution < 1.29 is 4.79 Å². The first-order chi connectivity index (χ1) is 11.7. The van der Waals surface area contributed by atoms with Crippen LogP contribution in [0.25, 0.3) is 0 Å². The molecular formula is C20H23BrN2O. The molecule has 1 saturated heterocycles. The zero-order valence-corrected chi connectivity index (χ0v) is 15.4. The maximum atomic E-state index is 12.2. The Kier molecular flexibility index (Phi) is 6.05. The van der Waals surface area contributed by atoms with Gasteiger partial charge in [-0.2, -0.15) is 0 Å². The third-order valence-electron chi connectivity index (χ3n) is 4.46. The summed E-state index contributed by atoms with van der Waals surface area (Å²) in [6.07, 6.45) is 3.01. The van der Waals surface area contributed by atoms with E-state index in [2.05, 4.69) is 44.3 Å². The highest BCUT2D eigenvalue weighted by molar-refractivity contribution is 9.10. The van der Waals surface area contributed by atoms with Crippen molar-refractivity contribution in [1.82, 2.24) is 10.2 Å². The lowest BCUT2D eigenvalue weighted by Crippen LogP contribution is -2.26. The van der Waals surface area contributed by atoms with Gasteiger partial charge in [0.05, 0.1) is 6.42 Å². The second-order valence-electron chi connectivity index (χ2n) is 6.33. The molecule has 4 heteroatoms. The Morgan fingerprint density at radius 1 is 1.00 bits per heavy atom. The summed E-state index contributed by atoms with van der Waals surface area (Å²) in [5, 5.41) is 3.06. The highest BCUT2D eigenvalue weighted by Crippen LogP contribution is 2.16. The maximum Gasteiger partial charge on any atom is 0.224 e. The van der Waals surface area contributed by atoms with Gasteiger partial charge in [-0.3, -0.25) is 9.69 Å². The Labute approximate surface area is 152 Å². The number of likely N-dealkylation sites (tertiary alicyclic amines) is 1. The molecule has 0 spiro atoms. The number of nitrogens with zero attached hydrogens (tertiary/aromatic N) is 1. The minimum Gasteiger partial charge on any atom is -0.352 e. The normalized spacial score (nSPS) is 14.7. The van der Waals surface area contributed by atoms with Gasteiger partial charge in [-0.25, -0.2) is 0 Å². The lowest BCUT2D eigenvalue weighted by Gasteiger charge is -2.17. The Bertz CT molecular complexity index is 678. The van der Waals surface area contributed by atoms with E-state index in [1.54, 1.807) is 0 Å². The molecule has 2 aromatic rings. The van der Waals surface area contributed by atoms with Gasteiger partial charge in [0.15, 0.2) is 0 Å². The molecule has 0 bridgehead atoms. The molecule has 1 N–H and O–H groups in total. The fourth-order valence-electron chi connectivity index (χ4n) is 3.11. The van der Waals surface area contributed by atoms with E-state index in [-0.39, 0.29) is 5.91 Å². The van der Waals surface area contributed by atoms with Crippen LogP contribution in [0.3, 0.4) is 0 Å². The molecule has 0 aliphatic carbocycles. The monoisotopic (exact) mass is 386 g/mol. The van der Waals surface area contributed by atoms with Crippen LogP contribution in [0.1, 0.15) is 29.5 Å². The number of carbonyl (C=O) groups excluding carboxylic acids is 1. The highest BCUT2D eigenvalue weighted by atomic mass is 79.9. The van der Waals surface area contributed by atoms with Crippen molar-refractivity contribution >= 4 is 21.8 Å². The Hall–Kier alpha value is -1.65. The second kappa shape index (κ2) is 8.45. The van der Waals surface area contributed by atoms with E-state index in [9.17, 15) is 4.79 Å². The lowest BCUT2D eigenvalue weighted by molar-refractivity contribution is -0.120.